The van der Waals surface area contributed by atoms with E-state index in [4.69, 9.17) is 0 Å². The van der Waals surface area contributed by atoms with Gasteiger partial charge in [-0.05, 0) is 30.4 Å². The van der Waals surface area contributed by atoms with Crippen LogP contribution in [0.4, 0.5) is 4.79 Å². The van der Waals surface area contributed by atoms with E-state index in [-0.39, 0.29) is 11.9 Å². The summed E-state index contributed by atoms with van der Waals surface area (Å²) in [4.78, 5) is 27.9. The van der Waals surface area contributed by atoms with Gasteiger partial charge < -0.3 is 15.1 Å². The molecule has 0 aliphatic carbocycles. The molecule has 24 heavy (non-hydrogen) atoms. The second-order valence-corrected chi connectivity index (χ2v) is 6.79. The van der Waals surface area contributed by atoms with Gasteiger partial charge in [0.2, 0.25) is 5.91 Å². The summed E-state index contributed by atoms with van der Waals surface area (Å²) < 4.78 is 0. The van der Waals surface area contributed by atoms with E-state index in [0.717, 1.165) is 12.0 Å². The minimum Gasteiger partial charge on any atom is -0.339 e. The normalized spacial score (nSPS) is 14.8. The van der Waals surface area contributed by atoms with Gasteiger partial charge in [0.05, 0.1) is 6.42 Å². The fraction of sp³-hybridized carbons (Fsp3) is 0.579. The molecule has 5 heteroatoms. The van der Waals surface area contributed by atoms with E-state index in [0.29, 0.717) is 45.1 Å². The molecular formula is C19H29N3O2. The van der Waals surface area contributed by atoms with Crippen LogP contribution in [0.1, 0.15) is 31.9 Å². The lowest BCUT2D eigenvalue weighted by Gasteiger charge is -2.34. The first kappa shape index (κ1) is 18.3. The van der Waals surface area contributed by atoms with E-state index in [1.807, 2.05) is 11.8 Å². The van der Waals surface area contributed by atoms with Crippen LogP contribution in [0.15, 0.2) is 24.3 Å². The smallest absolute Gasteiger partial charge is 0.317 e. The van der Waals surface area contributed by atoms with E-state index in [1.165, 1.54) is 5.56 Å². The van der Waals surface area contributed by atoms with Crippen molar-refractivity contribution >= 4 is 11.9 Å². The Morgan fingerprint density at radius 2 is 1.54 bits per heavy atom. The molecule has 3 amide bonds. The highest BCUT2D eigenvalue weighted by molar-refractivity contribution is 5.79. The largest absolute Gasteiger partial charge is 0.339 e. The Hall–Kier alpha value is -2.04. The van der Waals surface area contributed by atoms with Crippen LogP contribution in [0.5, 0.6) is 0 Å². The summed E-state index contributed by atoms with van der Waals surface area (Å²) in [5.41, 5.74) is 2.37. The molecule has 1 heterocycles. The van der Waals surface area contributed by atoms with Gasteiger partial charge in [-0.1, -0.05) is 38.1 Å². The third-order valence-corrected chi connectivity index (χ3v) is 4.27. The Balaban J connectivity index is 1.82. The monoisotopic (exact) mass is 331 g/mol. The van der Waals surface area contributed by atoms with Gasteiger partial charge in [0.1, 0.15) is 0 Å². The molecule has 1 saturated heterocycles. The SMILES string of the molecule is CCNC(=O)N1CCN(C(=O)Cc2ccc(CC(C)C)cc2)CC1. The van der Waals surface area contributed by atoms with E-state index >= 15 is 0 Å². The summed E-state index contributed by atoms with van der Waals surface area (Å²) in [7, 11) is 0. The van der Waals surface area contributed by atoms with E-state index < -0.39 is 0 Å². The quantitative estimate of drug-likeness (QED) is 0.900. The van der Waals surface area contributed by atoms with Crippen LogP contribution < -0.4 is 5.32 Å². The minimum absolute atomic E-state index is 0.0367. The lowest BCUT2D eigenvalue weighted by atomic mass is 10.0. The van der Waals surface area contributed by atoms with Crippen molar-refractivity contribution in [2.24, 2.45) is 5.92 Å². The zero-order valence-electron chi connectivity index (χ0n) is 15.0. The molecule has 1 aromatic rings. The third-order valence-electron chi connectivity index (χ3n) is 4.27. The number of hydrogen-bond donors (Lipinski definition) is 1. The Labute approximate surface area is 145 Å². The summed E-state index contributed by atoms with van der Waals surface area (Å²) in [5.74, 6) is 0.779. The van der Waals surface area contributed by atoms with Crippen LogP contribution in [0, 0.1) is 5.92 Å². The standard InChI is InChI=1S/C19H29N3O2/c1-4-20-19(24)22-11-9-21(10-12-22)18(23)14-17-7-5-16(6-8-17)13-15(2)3/h5-8,15H,4,9-14H2,1-3H3,(H,20,24). The number of piperazine rings is 1. The number of nitrogens with one attached hydrogen (secondary N) is 1. The molecule has 0 radical (unpaired) electrons. The molecule has 0 aromatic heterocycles. The van der Waals surface area contributed by atoms with Crippen molar-refractivity contribution in [3.05, 3.63) is 35.4 Å². The molecule has 1 aromatic carbocycles. The third kappa shape index (κ3) is 5.25. The van der Waals surface area contributed by atoms with Crippen molar-refractivity contribution in [3.8, 4) is 0 Å². The first-order valence-corrected chi connectivity index (χ1v) is 8.88. The number of carbonyl (C=O) groups is 2. The highest BCUT2D eigenvalue weighted by Gasteiger charge is 2.23. The number of urea groups is 1. The van der Waals surface area contributed by atoms with Crippen molar-refractivity contribution in [2.45, 2.75) is 33.6 Å². The molecule has 1 aliphatic heterocycles. The van der Waals surface area contributed by atoms with Gasteiger partial charge in [0, 0.05) is 32.7 Å². The van der Waals surface area contributed by atoms with Crippen molar-refractivity contribution in [1.82, 2.24) is 15.1 Å². The van der Waals surface area contributed by atoms with Crippen molar-refractivity contribution in [3.63, 3.8) is 0 Å². The van der Waals surface area contributed by atoms with Gasteiger partial charge in [-0.25, -0.2) is 4.79 Å². The molecule has 0 spiro atoms. The summed E-state index contributed by atoms with van der Waals surface area (Å²) in [5, 5.41) is 2.80. The maximum atomic E-state index is 12.4. The Morgan fingerprint density at radius 1 is 1.00 bits per heavy atom. The van der Waals surface area contributed by atoms with Crippen LogP contribution in [0.2, 0.25) is 0 Å². The lowest BCUT2D eigenvalue weighted by molar-refractivity contribution is -0.131. The summed E-state index contributed by atoms with van der Waals surface area (Å²) in [6, 6.07) is 8.32. The van der Waals surface area contributed by atoms with Crippen LogP contribution in [0.25, 0.3) is 0 Å². The second kappa shape index (κ2) is 8.71. The highest BCUT2D eigenvalue weighted by atomic mass is 16.2. The average molecular weight is 331 g/mol. The number of hydrogen-bond acceptors (Lipinski definition) is 2. The number of rotatable bonds is 5. The van der Waals surface area contributed by atoms with Crippen LogP contribution in [-0.2, 0) is 17.6 Å². The molecule has 1 fully saturated rings. The van der Waals surface area contributed by atoms with Gasteiger partial charge in [0.15, 0.2) is 0 Å². The molecule has 0 atom stereocenters. The molecule has 5 nitrogen and oxygen atoms in total. The van der Waals surface area contributed by atoms with Crippen LogP contribution in [-0.4, -0.2) is 54.5 Å². The van der Waals surface area contributed by atoms with E-state index in [9.17, 15) is 9.59 Å². The van der Waals surface area contributed by atoms with Crippen LogP contribution >= 0.6 is 0 Å². The predicted octanol–water partition coefficient (Wildman–Crippen LogP) is 2.30. The molecule has 0 saturated carbocycles. The van der Waals surface area contributed by atoms with E-state index in [1.54, 1.807) is 4.90 Å². The zero-order chi connectivity index (χ0) is 17.5. The zero-order valence-corrected chi connectivity index (χ0v) is 15.0. The fourth-order valence-electron chi connectivity index (χ4n) is 2.97. The molecular weight excluding hydrogens is 302 g/mol. The molecule has 1 N–H and O–H groups in total. The van der Waals surface area contributed by atoms with Gasteiger partial charge in [-0.2, -0.15) is 0 Å². The van der Waals surface area contributed by atoms with Gasteiger partial charge in [-0.3, -0.25) is 4.79 Å². The second-order valence-electron chi connectivity index (χ2n) is 6.79. The summed E-state index contributed by atoms with van der Waals surface area (Å²) >= 11 is 0. The number of carbonyl (C=O) groups excluding carboxylic acids is 2. The Kier molecular flexibility index (Phi) is 6.64. The predicted molar refractivity (Wildman–Crippen MR) is 95.9 cm³/mol. The number of amides is 3. The lowest BCUT2D eigenvalue weighted by Crippen LogP contribution is -2.53. The summed E-state index contributed by atoms with van der Waals surface area (Å²) in [6.07, 6.45) is 1.50. The van der Waals surface area contributed by atoms with Crippen molar-refractivity contribution in [2.75, 3.05) is 32.7 Å². The Bertz CT molecular complexity index is 546. The molecule has 0 bridgehead atoms. The van der Waals surface area contributed by atoms with Crippen LogP contribution in [0.3, 0.4) is 0 Å². The molecule has 132 valence electrons. The van der Waals surface area contributed by atoms with E-state index in [2.05, 4.69) is 43.4 Å². The van der Waals surface area contributed by atoms with Gasteiger partial charge >= 0.3 is 6.03 Å². The van der Waals surface area contributed by atoms with Gasteiger partial charge in [-0.15, -0.1) is 0 Å². The fourth-order valence-corrected chi connectivity index (χ4v) is 2.97. The molecule has 0 unspecified atom stereocenters. The topological polar surface area (TPSA) is 52.7 Å². The number of benzene rings is 1. The maximum absolute atomic E-state index is 12.4. The average Bonchev–Trinajstić information content (AvgIpc) is 2.56. The first-order valence-electron chi connectivity index (χ1n) is 8.88. The highest BCUT2D eigenvalue weighted by Crippen LogP contribution is 2.12. The molecule has 2 rings (SSSR count). The number of nitrogens with zero attached hydrogens (tertiary/aromatic N) is 2. The minimum atomic E-state index is -0.0367. The van der Waals surface area contributed by atoms with Crippen molar-refractivity contribution in [1.29, 1.82) is 0 Å². The first-order chi connectivity index (χ1) is 11.5. The summed E-state index contributed by atoms with van der Waals surface area (Å²) in [6.45, 7) is 9.38. The Morgan fingerprint density at radius 3 is 2.08 bits per heavy atom. The maximum Gasteiger partial charge on any atom is 0.317 e. The van der Waals surface area contributed by atoms with Gasteiger partial charge in [0.25, 0.3) is 0 Å². The molecule has 1 aliphatic rings. The van der Waals surface area contributed by atoms with Crippen molar-refractivity contribution < 1.29 is 9.59 Å².